The average Bonchev–Trinajstić information content (AvgIpc) is 2.29. The van der Waals surface area contributed by atoms with Crippen molar-refractivity contribution in [3.05, 3.63) is 28.8 Å². The molecular weight excluding hydrogens is 349 g/mol. The molecule has 0 radical (unpaired) electrons. The minimum Gasteiger partial charge on any atom is -0.392 e. The Labute approximate surface area is 130 Å². The molecule has 0 saturated heterocycles. The molecule has 1 atom stereocenters. The van der Waals surface area contributed by atoms with E-state index in [4.69, 9.17) is 17.3 Å². The van der Waals surface area contributed by atoms with Crippen LogP contribution in [0.2, 0.25) is 5.02 Å². The number of benzene rings is 1. The number of sulfonamides is 1. The first-order valence-electron chi connectivity index (χ1n) is 5.66. The van der Waals surface area contributed by atoms with Gasteiger partial charge in [0.05, 0.1) is 21.3 Å². The molecule has 4 nitrogen and oxygen atoms in total. The van der Waals surface area contributed by atoms with Gasteiger partial charge in [-0.05, 0) is 24.6 Å². The van der Waals surface area contributed by atoms with E-state index in [1.54, 1.807) is 6.92 Å². The van der Waals surface area contributed by atoms with Gasteiger partial charge in [-0.15, -0.1) is 0 Å². The summed E-state index contributed by atoms with van der Waals surface area (Å²) in [5.74, 6) is 0. The average molecular weight is 361 g/mol. The topological polar surface area (TPSA) is 72.2 Å². The number of nitrogens with one attached hydrogen (secondary N) is 1. The van der Waals surface area contributed by atoms with Crippen molar-refractivity contribution in [2.24, 2.45) is 5.73 Å². The van der Waals surface area contributed by atoms with Crippen LogP contribution < -0.4 is 10.5 Å². The van der Waals surface area contributed by atoms with Gasteiger partial charge in [-0.3, -0.25) is 4.72 Å². The van der Waals surface area contributed by atoms with Gasteiger partial charge < -0.3 is 5.73 Å². The lowest BCUT2D eigenvalue weighted by atomic mass is 10.2. The summed E-state index contributed by atoms with van der Waals surface area (Å²) in [6, 6.07) is 2.31. The molecule has 0 bridgehead atoms. The Morgan fingerprint density at radius 2 is 2.05 bits per heavy atom. The zero-order chi connectivity index (χ0) is 16.4. The fourth-order valence-electron chi connectivity index (χ4n) is 1.57. The van der Waals surface area contributed by atoms with E-state index in [9.17, 15) is 21.6 Å². The van der Waals surface area contributed by atoms with Crippen LogP contribution in [0.4, 0.5) is 18.9 Å². The number of thiocarbonyl (C=S) groups is 1. The van der Waals surface area contributed by atoms with E-state index in [0.29, 0.717) is 6.07 Å². The summed E-state index contributed by atoms with van der Waals surface area (Å²) >= 11 is 10.3. The normalized spacial score (nSPS) is 13.8. The van der Waals surface area contributed by atoms with Crippen LogP contribution in [0.5, 0.6) is 0 Å². The molecule has 0 aliphatic heterocycles. The molecule has 1 aromatic carbocycles. The van der Waals surface area contributed by atoms with Gasteiger partial charge >= 0.3 is 6.18 Å². The summed E-state index contributed by atoms with van der Waals surface area (Å²) < 4.78 is 63.7. The minimum atomic E-state index is -4.56. The van der Waals surface area contributed by atoms with Crippen molar-refractivity contribution in [3.63, 3.8) is 0 Å². The molecule has 1 rings (SSSR count). The van der Waals surface area contributed by atoms with Gasteiger partial charge in [0.25, 0.3) is 0 Å². The second kappa shape index (κ2) is 6.37. The zero-order valence-electron chi connectivity index (χ0n) is 10.7. The summed E-state index contributed by atoms with van der Waals surface area (Å²) in [4.78, 5) is -0.229. The minimum absolute atomic E-state index is 0.128. The second-order valence-corrected chi connectivity index (χ2v) is 6.88. The van der Waals surface area contributed by atoms with E-state index < -0.39 is 27.0 Å². The van der Waals surface area contributed by atoms with E-state index in [0.717, 1.165) is 12.1 Å². The number of alkyl halides is 3. The molecule has 118 valence electrons. The lowest BCUT2D eigenvalue weighted by Gasteiger charge is -2.17. The summed E-state index contributed by atoms with van der Waals surface area (Å²) in [5, 5.41) is -1.50. The monoisotopic (exact) mass is 360 g/mol. The zero-order valence-corrected chi connectivity index (χ0v) is 13.1. The third-order valence-electron chi connectivity index (χ3n) is 2.61. The van der Waals surface area contributed by atoms with E-state index in [2.05, 4.69) is 16.9 Å². The first-order valence-corrected chi connectivity index (χ1v) is 8.00. The van der Waals surface area contributed by atoms with Crippen LogP contribution in [-0.4, -0.2) is 18.7 Å². The lowest BCUT2D eigenvalue weighted by Crippen LogP contribution is -2.37. The van der Waals surface area contributed by atoms with Gasteiger partial charge in [0.2, 0.25) is 10.0 Å². The first kappa shape index (κ1) is 18.0. The molecule has 0 saturated carbocycles. The highest BCUT2D eigenvalue weighted by atomic mass is 35.5. The lowest BCUT2D eigenvalue weighted by molar-refractivity contribution is -0.137. The molecule has 1 unspecified atom stereocenters. The van der Waals surface area contributed by atoms with Crippen molar-refractivity contribution >= 4 is 44.5 Å². The number of hydrogen-bond donors (Lipinski definition) is 2. The molecule has 0 aliphatic carbocycles. The Morgan fingerprint density at radius 1 is 1.48 bits per heavy atom. The second-order valence-electron chi connectivity index (χ2n) is 4.14. The standard InChI is InChI=1S/C11H12ClF3N2O2S2/c1-2-9(10(16)20)21(18,19)17-8-4-3-6(5-7(8)12)11(13,14)15/h3-5,9,17H,2H2,1H3,(H2,16,20). The van der Waals surface area contributed by atoms with E-state index in [1.807, 2.05) is 0 Å². The SMILES string of the molecule is CCC(C(N)=S)S(=O)(=O)Nc1ccc(C(F)(F)F)cc1Cl. The first-order chi connectivity index (χ1) is 9.49. The number of nitrogens with two attached hydrogens (primary N) is 1. The van der Waals surface area contributed by atoms with Crippen molar-refractivity contribution < 1.29 is 21.6 Å². The van der Waals surface area contributed by atoms with Gasteiger partial charge in [0, 0.05) is 0 Å². The molecule has 1 aromatic rings. The van der Waals surface area contributed by atoms with Gasteiger partial charge in [-0.1, -0.05) is 30.7 Å². The van der Waals surface area contributed by atoms with Gasteiger partial charge in [-0.2, -0.15) is 13.2 Å². The summed E-state index contributed by atoms with van der Waals surface area (Å²) in [6.07, 6.45) is -4.44. The third kappa shape index (κ3) is 4.45. The Bertz CT molecular complexity index is 647. The van der Waals surface area contributed by atoms with Crippen molar-refractivity contribution in [2.45, 2.75) is 24.8 Å². The summed E-state index contributed by atoms with van der Waals surface area (Å²) in [7, 11) is -3.98. The molecule has 0 fully saturated rings. The molecule has 21 heavy (non-hydrogen) atoms. The molecule has 10 heteroatoms. The molecule has 0 spiro atoms. The van der Waals surface area contributed by atoms with Crippen molar-refractivity contribution in [1.29, 1.82) is 0 Å². The van der Waals surface area contributed by atoms with Crippen molar-refractivity contribution in [1.82, 2.24) is 0 Å². The van der Waals surface area contributed by atoms with E-state index in [-0.39, 0.29) is 22.1 Å². The molecule has 0 aliphatic rings. The van der Waals surface area contributed by atoms with E-state index in [1.165, 1.54) is 0 Å². The fourth-order valence-corrected chi connectivity index (χ4v) is 3.77. The van der Waals surface area contributed by atoms with Crippen LogP contribution in [0.1, 0.15) is 18.9 Å². The van der Waals surface area contributed by atoms with Crippen LogP contribution in [0.3, 0.4) is 0 Å². The van der Waals surface area contributed by atoms with Crippen molar-refractivity contribution in [2.75, 3.05) is 4.72 Å². The number of hydrogen-bond acceptors (Lipinski definition) is 3. The van der Waals surface area contributed by atoms with Crippen LogP contribution in [-0.2, 0) is 16.2 Å². The predicted octanol–water partition coefficient (Wildman–Crippen LogP) is 3.17. The highest BCUT2D eigenvalue weighted by Gasteiger charge is 2.32. The van der Waals surface area contributed by atoms with Gasteiger partial charge in [0.15, 0.2) is 0 Å². The van der Waals surface area contributed by atoms with Crippen LogP contribution >= 0.6 is 23.8 Å². The summed E-state index contributed by atoms with van der Waals surface area (Å²) in [5.41, 5.74) is 4.19. The maximum Gasteiger partial charge on any atom is 0.416 e. The molecule has 0 amide bonds. The largest absolute Gasteiger partial charge is 0.416 e. The number of anilines is 1. The quantitative estimate of drug-likeness (QED) is 0.791. The van der Waals surface area contributed by atoms with Crippen LogP contribution in [0, 0.1) is 0 Å². The Morgan fingerprint density at radius 3 is 2.43 bits per heavy atom. The van der Waals surface area contributed by atoms with Crippen LogP contribution in [0.15, 0.2) is 18.2 Å². The Balaban J connectivity index is 3.12. The third-order valence-corrected chi connectivity index (χ3v) is 5.20. The smallest absolute Gasteiger partial charge is 0.392 e. The molecule has 0 heterocycles. The molecule has 3 N–H and O–H groups in total. The fraction of sp³-hybridized carbons (Fsp3) is 0.364. The van der Waals surface area contributed by atoms with Gasteiger partial charge in [0.1, 0.15) is 5.25 Å². The van der Waals surface area contributed by atoms with Gasteiger partial charge in [-0.25, -0.2) is 8.42 Å². The van der Waals surface area contributed by atoms with Crippen LogP contribution in [0.25, 0.3) is 0 Å². The van der Waals surface area contributed by atoms with Crippen molar-refractivity contribution in [3.8, 4) is 0 Å². The highest BCUT2D eigenvalue weighted by molar-refractivity contribution is 7.95. The highest BCUT2D eigenvalue weighted by Crippen LogP contribution is 2.34. The predicted molar refractivity (Wildman–Crippen MR) is 79.9 cm³/mol. The maximum absolute atomic E-state index is 12.5. The van der Waals surface area contributed by atoms with E-state index >= 15 is 0 Å². The number of halogens is 4. The maximum atomic E-state index is 12.5. The molecular formula is C11H12ClF3N2O2S2. The molecule has 0 aromatic heterocycles. The Kier molecular flexibility index (Phi) is 5.46. The number of rotatable bonds is 5. The Hall–Kier alpha value is -1.06. The summed E-state index contributed by atoms with van der Waals surface area (Å²) in [6.45, 7) is 1.57.